The summed E-state index contributed by atoms with van der Waals surface area (Å²) in [7, 11) is 0. The molecule has 0 fully saturated rings. The number of aromatic carboxylic acids is 3. The fourth-order valence-corrected chi connectivity index (χ4v) is 1.11. The second-order valence-electron chi connectivity index (χ2n) is 3.77. The van der Waals surface area contributed by atoms with E-state index in [0.717, 1.165) is 0 Å². The molecule has 0 spiro atoms. The number of hydrogen-bond acceptors (Lipinski definition) is 9. The number of nitrogens with one attached hydrogen (secondary N) is 3. The molecular weight excluding hydrogens is 393 g/mol. The molecule has 12 nitrogen and oxygen atoms in total. The van der Waals surface area contributed by atoms with Crippen molar-refractivity contribution in [2.24, 2.45) is 0 Å². The Morgan fingerprint density at radius 3 is 0.889 bits per heavy atom. The SMILES string of the molecule is O=C([O-])c1ccn[nH]1.O=C([O-])c1ccn[nH]1.O=C([O-])c1ccn[nH]1.[Na+].[Na+].[Na+]. The number of rotatable bonds is 3. The number of H-pyrrole nitrogens is 3. The summed E-state index contributed by atoms with van der Waals surface area (Å²) < 4.78 is 0. The number of carboxylic acid groups (broad SMARTS) is 3. The first kappa shape index (κ1) is 30.8. The fraction of sp³-hybridized carbons (Fsp3) is 0. The molecule has 3 N–H and O–H groups in total. The number of carboxylic acids is 3. The van der Waals surface area contributed by atoms with Gasteiger partial charge in [-0.2, -0.15) is 15.3 Å². The van der Waals surface area contributed by atoms with Crippen molar-refractivity contribution in [2.75, 3.05) is 0 Å². The van der Waals surface area contributed by atoms with Gasteiger partial charge in [0, 0.05) is 18.6 Å². The number of carbonyl (C=O) groups excluding carboxylic acids is 3. The second kappa shape index (κ2) is 17.2. The van der Waals surface area contributed by atoms with Crippen LogP contribution in [0.5, 0.6) is 0 Å². The van der Waals surface area contributed by atoms with Crippen LogP contribution < -0.4 is 104 Å². The molecule has 3 aromatic rings. The summed E-state index contributed by atoms with van der Waals surface area (Å²) in [4.78, 5) is 29.6. The number of aromatic nitrogens is 6. The van der Waals surface area contributed by atoms with Crippen molar-refractivity contribution in [3.63, 3.8) is 0 Å². The zero-order valence-electron chi connectivity index (χ0n) is 14.8. The Hall–Kier alpha value is -0.960. The Bertz CT molecular complexity index is 659. The minimum atomic E-state index is -1.23. The summed E-state index contributed by atoms with van der Waals surface area (Å²) in [5, 5.41) is 46.5. The molecule has 0 aliphatic carbocycles. The van der Waals surface area contributed by atoms with Crippen LogP contribution in [0.25, 0.3) is 0 Å². The van der Waals surface area contributed by atoms with Gasteiger partial charge in [0.05, 0.1) is 35.0 Å². The van der Waals surface area contributed by atoms with Crippen LogP contribution in [0.2, 0.25) is 0 Å². The van der Waals surface area contributed by atoms with Gasteiger partial charge in [0.1, 0.15) is 0 Å². The van der Waals surface area contributed by atoms with Crippen molar-refractivity contribution in [2.45, 2.75) is 0 Å². The van der Waals surface area contributed by atoms with Crippen molar-refractivity contribution in [1.29, 1.82) is 0 Å². The molecule has 15 heteroatoms. The van der Waals surface area contributed by atoms with Crippen LogP contribution in [-0.2, 0) is 0 Å². The molecule has 0 unspecified atom stereocenters. The van der Waals surface area contributed by atoms with Gasteiger partial charge in [-0.25, -0.2) is 0 Å². The minimum absolute atomic E-state index is 0. The maximum atomic E-state index is 9.88. The number of hydrogen-bond donors (Lipinski definition) is 3. The van der Waals surface area contributed by atoms with Gasteiger partial charge < -0.3 is 29.7 Å². The van der Waals surface area contributed by atoms with E-state index in [1.165, 1.54) is 36.8 Å². The van der Waals surface area contributed by atoms with Crippen LogP contribution in [0, 0.1) is 0 Å². The Balaban J connectivity index is -0.000000303. The van der Waals surface area contributed by atoms with Gasteiger partial charge in [-0.15, -0.1) is 0 Å². The quantitative estimate of drug-likeness (QED) is 0.355. The van der Waals surface area contributed by atoms with Gasteiger partial charge >= 0.3 is 88.7 Å². The van der Waals surface area contributed by atoms with Gasteiger partial charge in [0.25, 0.3) is 0 Å². The molecule has 3 rings (SSSR count). The molecule has 0 saturated carbocycles. The van der Waals surface area contributed by atoms with E-state index in [9.17, 15) is 29.7 Å². The van der Waals surface area contributed by atoms with Gasteiger partial charge in [-0.05, 0) is 18.2 Å². The monoisotopic (exact) mass is 402 g/mol. The number of aromatic amines is 3. The van der Waals surface area contributed by atoms with Crippen LogP contribution in [0.4, 0.5) is 0 Å². The Labute approximate surface area is 218 Å². The van der Waals surface area contributed by atoms with E-state index in [4.69, 9.17) is 0 Å². The minimum Gasteiger partial charge on any atom is -0.543 e. The molecule has 3 heterocycles. The maximum absolute atomic E-state index is 9.88. The predicted octanol–water partition coefficient (Wildman–Crippen LogP) is -12.7. The van der Waals surface area contributed by atoms with Gasteiger partial charge in [0.2, 0.25) is 0 Å². The summed E-state index contributed by atoms with van der Waals surface area (Å²) in [5.74, 6) is -3.70. The van der Waals surface area contributed by atoms with Crippen LogP contribution >= 0.6 is 0 Å². The normalized spacial score (nSPS) is 8.00. The summed E-state index contributed by atoms with van der Waals surface area (Å²) in [6.07, 6.45) is 4.06. The molecule has 126 valence electrons. The third-order valence-corrected chi connectivity index (χ3v) is 2.16. The molecule has 0 aliphatic rings. The topological polar surface area (TPSA) is 206 Å². The van der Waals surface area contributed by atoms with E-state index in [2.05, 4.69) is 30.6 Å². The van der Waals surface area contributed by atoms with Crippen molar-refractivity contribution in [3.8, 4) is 0 Å². The van der Waals surface area contributed by atoms with Crippen molar-refractivity contribution >= 4 is 17.9 Å². The maximum Gasteiger partial charge on any atom is 1.00 e. The van der Waals surface area contributed by atoms with E-state index in [1.807, 2.05) is 0 Å². The van der Waals surface area contributed by atoms with E-state index < -0.39 is 17.9 Å². The fourth-order valence-electron chi connectivity index (χ4n) is 1.11. The number of carbonyl (C=O) groups is 3. The van der Waals surface area contributed by atoms with Crippen LogP contribution in [0.3, 0.4) is 0 Å². The van der Waals surface area contributed by atoms with E-state index in [0.29, 0.717) is 0 Å². The van der Waals surface area contributed by atoms with E-state index in [1.54, 1.807) is 0 Å². The molecular formula is C12H9N6Na3O6. The molecule has 27 heavy (non-hydrogen) atoms. The smallest absolute Gasteiger partial charge is 0.543 e. The zero-order valence-corrected chi connectivity index (χ0v) is 20.8. The third kappa shape index (κ3) is 12.9. The van der Waals surface area contributed by atoms with Crippen molar-refractivity contribution in [1.82, 2.24) is 30.6 Å². The Morgan fingerprint density at radius 2 is 0.815 bits per heavy atom. The summed E-state index contributed by atoms with van der Waals surface area (Å²) in [6.45, 7) is 0. The molecule has 0 aromatic carbocycles. The third-order valence-electron chi connectivity index (χ3n) is 2.16. The Morgan fingerprint density at radius 1 is 0.593 bits per heavy atom. The molecule has 0 aliphatic heterocycles. The first-order valence-electron chi connectivity index (χ1n) is 6.04. The molecule has 0 amide bonds. The van der Waals surface area contributed by atoms with Gasteiger partial charge in [-0.1, -0.05) is 0 Å². The standard InChI is InChI=1S/3C4H4N2O2.3Na/c3*7-4(8)3-1-2-5-6-3;;;/h3*1-2H,(H,5,6)(H,7,8);;;/q;;;3*+1/p-3. The van der Waals surface area contributed by atoms with Gasteiger partial charge in [0.15, 0.2) is 0 Å². The summed E-state index contributed by atoms with van der Waals surface area (Å²) in [6, 6.07) is 3.99. The molecule has 0 atom stereocenters. The van der Waals surface area contributed by atoms with Crippen LogP contribution in [-0.4, -0.2) is 48.5 Å². The molecule has 3 aromatic heterocycles. The average molecular weight is 402 g/mol. The first-order valence-corrected chi connectivity index (χ1v) is 6.04. The van der Waals surface area contributed by atoms with Crippen LogP contribution in [0.1, 0.15) is 31.5 Å². The summed E-state index contributed by atoms with van der Waals surface area (Å²) in [5.41, 5.74) is 0.0139. The number of nitrogens with zero attached hydrogens (tertiary/aromatic N) is 3. The Kier molecular flexibility index (Phi) is 19.5. The van der Waals surface area contributed by atoms with Crippen LogP contribution in [0.15, 0.2) is 36.8 Å². The largest absolute Gasteiger partial charge is 1.00 e. The average Bonchev–Trinajstić information content (AvgIpc) is 3.29. The van der Waals surface area contributed by atoms with Crippen molar-refractivity contribution < 1.29 is 118 Å². The first-order chi connectivity index (χ1) is 11.4. The predicted molar refractivity (Wildman–Crippen MR) is 68.8 cm³/mol. The second-order valence-corrected chi connectivity index (χ2v) is 3.77. The van der Waals surface area contributed by atoms with Gasteiger partial charge in [-0.3, -0.25) is 15.3 Å². The van der Waals surface area contributed by atoms with E-state index >= 15 is 0 Å². The molecule has 0 saturated heterocycles. The molecule has 0 radical (unpaired) electrons. The zero-order chi connectivity index (χ0) is 17.9. The van der Waals surface area contributed by atoms with E-state index in [-0.39, 0.29) is 106 Å². The molecule has 0 bridgehead atoms. The van der Waals surface area contributed by atoms with Crippen molar-refractivity contribution in [3.05, 3.63) is 53.9 Å². The summed E-state index contributed by atoms with van der Waals surface area (Å²) >= 11 is 0.